The number of hydrogen-bond donors (Lipinski definition) is 1. The van der Waals surface area contributed by atoms with Crippen LogP contribution in [0.1, 0.15) is 43.4 Å². The largest absolute Gasteiger partial charge is 0.507 e. The van der Waals surface area contributed by atoms with Crippen molar-refractivity contribution in [3.05, 3.63) is 86.7 Å². The number of aromatic nitrogens is 2. The standard InChI is InChI=1S/C27H26ClN3O3/c1-5-34-25-12-17(4)22(14-21(25)16(2)3)26-30-23-9-7-6-8-20(23)27(33)31(26)29-15-18-13-19(28)10-11-24(18)32/h6-16,32H,5H2,1-4H3. The zero-order chi connectivity index (χ0) is 24.4. The molecular formula is C27H26ClN3O3. The molecule has 0 atom stereocenters. The average molecular weight is 476 g/mol. The zero-order valence-corrected chi connectivity index (χ0v) is 20.3. The van der Waals surface area contributed by atoms with Gasteiger partial charge in [-0.3, -0.25) is 4.79 Å². The fourth-order valence-electron chi connectivity index (χ4n) is 3.82. The Kier molecular flexibility index (Phi) is 6.70. The van der Waals surface area contributed by atoms with Crippen molar-refractivity contribution >= 4 is 28.7 Å². The predicted molar refractivity (Wildman–Crippen MR) is 138 cm³/mol. The Labute approximate surface area is 203 Å². The molecule has 174 valence electrons. The van der Waals surface area contributed by atoms with Crippen molar-refractivity contribution in [3.8, 4) is 22.9 Å². The van der Waals surface area contributed by atoms with E-state index in [2.05, 4.69) is 18.9 Å². The Hall–Kier alpha value is -3.64. The molecule has 4 aromatic rings. The van der Waals surface area contributed by atoms with Gasteiger partial charge in [-0.25, -0.2) is 4.98 Å². The molecule has 4 rings (SSSR count). The summed E-state index contributed by atoms with van der Waals surface area (Å²) in [6.45, 7) is 8.66. The van der Waals surface area contributed by atoms with Gasteiger partial charge in [0.25, 0.3) is 5.56 Å². The van der Waals surface area contributed by atoms with Gasteiger partial charge in [0.2, 0.25) is 0 Å². The lowest BCUT2D eigenvalue weighted by atomic mass is 9.96. The molecule has 0 aliphatic rings. The maximum absolute atomic E-state index is 13.5. The fraction of sp³-hybridized carbons (Fsp3) is 0.222. The topological polar surface area (TPSA) is 76.7 Å². The van der Waals surface area contributed by atoms with Crippen molar-refractivity contribution in [2.75, 3.05) is 6.61 Å². The minimum Gasteiger partial charge on any atom is -0.507 e. The number of nitrogens with zero attached hydrogens (tertiary/aromatic N) is 3. The van der Waals surface area contributed by atoms with Crippen LogP contribution in [0.2, 0.25) is 5.02 Å². The maximum atomic E-state index is 13.5. The molecule has 0 spiro atoms. The normalized spacial score (nSPS) is 11.6. The number of halogens is 1. The highest BCUT2D eigenvalue weighted by Gasteiger charge is 2.18. The van der Waals surface area contributed by atoms with Gasteiger partial charge < -0.3 is 9.84 Å². The minimum absolute atomic E-state index is 0.0100. The average Bonchev–Trinajstić information content (AvgIpc) is 2.80. The molecule has 0 saturated carbocycles. The molecule has 0 amide bonds. The van der Waals surface area contributed by atoms with Crippen LogP contribution in [0.4, 0.5) is 0 Å². The third-order valence-corrected chi connectivity index (χ3v) is 5.81. The number of benzene rings is 3. The fourth-order valence-corrected chi connectivity index (χ4v) is 4.01. The highest BCUT2D eigenvalue weighted by atomic mass is 35.5. The van der Waals surface area contributed by atoms with E-state index in [-0.39, 0.29) is 17.2 Å². The molecule has 34 heavy (non-hydrogen) atoms. The third kappa shape index (κ3) is 4.54. The summed E-state index contributed by atoms with van der Waals surface area (Å²) >= 11 is 6.08. The summed E-state index contributed by atoms with van der Waals surface area (Å²) in [5, 5.41) is 15.5. The van der Waals surface area contributed by atoms with Gasteiger partial charge in [-0.2, -0.15) is 9.78 Å². The van der Waals surface area contributed by atoms with Crippen LogP contribution in [0.3, 0.4) is 0 Å². The molecule has 1 N–H and O–H groups in total. The van der Waals surface area contributed by atoms with Gasteiger partial charge in [0, 0.05) is 16.1 Å². The summed E-state index contributed by atoms with van der Waals surface area (Å²) in [5.41, 5.74) is 3.38. The van der Waals surface area contributed by atoms with Crippen LogP contribution in [0.25, 0.3) is 22.3 Å². The summed E-state index contributed by atoms with van der Waals surface area (Å²) in [5.74, 6) is 1.44. The van der Waals surface area contributed by atoms with Crippen molar-refractivity contribution in [3.63, 3.8) is 0 Å². The van der Waals surface area contributed by atoms with Crippen molar-refractivity contribution in [2.45, 2.75) is 33.6 Å². The lowest BCUT2D eigenvalue weighted by molar-refractivity contribution is 0.335. The van der Waals surface area contributed by atoms with Crippen LogP contribution in [0.5, 0.6) is 11.5 Å². The second-order valence-corrected chi connectivity index (χ2v) is 8.75. The van der Waals surface area contributed by atoms with Crippen LogP contribution < -0.4 is 10.3 Å². The van der Waals surface area contributed by atoms with E-state index in [4.69, 9.17) is 21.3 Å². The first-order valence-electron chi connectivity index (χ1n) is 11.1. The lowest BCUT2D eigenvalue weighted by Crippen LogP contribution is -2.21. The summed E-state index contributed by atoms with van der Waals surface area (Å²) in [7, 11) is 0. The lowest BCUT2D eigenvalue weighted by Gasteiger charge is -2.18. The van der Waals surface area contributed by atoms with Crippen LogP contribution >= 0.6 is 11.6 Å². The highest BCUT2D eigenvalue weighted by molar-refractivity contribution is 6.30. The van der Waals surface area contributed by atoms with Crippen molar-refractivity contribution in [1.82, 2.24) is 9.66 Å². The van der Waals surface area contributed by atoms with Crippen molar-refractivity contribution < 1.29 is 9.84 Å². The van der Waals surface area contributed by atoms with E-state index >= 15 is 0 Å². The molecule has 0 aliphatic heterocycles. The summed E-state index contributed by atoms with van der Waals surface area (Å²) < 4.78 is 7.14. The number of phenols is 1. The van der Waals surface area contributed by atoms with E-state index in [1.807, 2.05) is 38.1 Å². The molecule has 7 heteroatoms. The molecular weight excluding hydrogens is 450 g/mol. The number of phenolic OH excluding ortho intramolecular Hbond substituents is 1. The first kappa shape index (κ1) is 23.5. The number of aryl methyl sites for hydroxylation is 1. The van der Waals surface area contributed by atoms with Gasteiger partial charge in [-0.15, -0.1) is 0 Å². The Morgan fingerprint density at radius 2 is 1.94 bits per heavy atom. The molecule has 0 unspecified atom stereocenters. The van der Waals surface area contributed by atoms with E-state index in [0.29, 0.717) is 33.9 Å². The molecule has 3 aromatic carbocycles. The maximum Gasteiger partial charge on any atom is 0.282 e. The van der Waals surface area contributed by atoms with E-state index in [9.17, 15) is 9.90 Å². The van der Waals surface area contributed by atoms with Gasteiger partial charge in [0.05, 0.1) is 23.7 Å². The highest BCUT2D eigenvalue weighted by Crippen LogP contribution is 2.34. The molecule has 0 bridgehead atoms. The quantitative estimate of drug-likeness (QED) is 0.340. The molecule has 0 aliphatic carbocycles. The van der Waals surface area contributed by atoms with Gasteiger partial charge in [0.15, 0.2) is 5.82 Å². The molecule has 0 saturated heterocycles. The second kappa shape index (κ2) is 9.69. The number of para-hydroxylation sites is 1. The third-order valence-electron chi connectivity index (χ3n) is 5.58. The number of aromatic hydroxyl groups is 1. The Morgan fingerprint density at radius 1 is 1.18 bits per heavy atom. The first-order valence-corrected chi connectivity index (χ1v) is 11.5. The van der Waals surface area contributed by atoms with Gasteiger partial charge in [-0.1, -0.05) is 37.6 Å². The zero-order valence-electron chi connectivity index (χ0n) is 19.5. The van der Waals surface area contributed by atoms with Crippen molar-refractivity contribution in [2.24, 2.45) is 5.10 Å². The van der Waals surface area contributed by atoms with Crippen LogP contribution in [0.15, 0.2) is 64.5 Å². The first-order chi connectivity index (χ1) is 16.3. The Bertz CT molecular complexity index is 1460. The smallest absolute Gasteiger partial charge is 0.282 e. The number of rotatable bonds is 6. The molecule has 0 radical (unpaired) electrons. The summed E-state index contributed by atoms with van der Waals surface area (Å²) in [4.78, 5) is 18.3. The molecule has 1 heterocycles. The monoisotopic (exact) mass is 475 g/mol. The minimum atomic E-state index is -0.308. The Balaban J connectivity index is 1.99. The second-order valence-electron chi connectivity index (χ2n) is 8.31. The number of fused-ring (bicyclic) bond motifs is 1. The number of ether oxygens (including phenoxy) is 1. The van der Waals surface area contributed by atoms with E-state index in [0.717, 1.165) is 22.4 Å². The van der Waals surface area contributed by atoms with Gasteiger partial charge >= 0.3 is 0 Å². The summed E-state index contributed by atoms with van der Waals surface area (Å²) in [6.07, 6.45) is 1.41. The molecule has 1 aromatic heterocycles. The predicted octanol–water partition coefficient (Wildman–Crippen LogP) is 6.14. The SMILES string of the molecule is CCOc1cc(C)c(-c2nc3ccccc3c(=O)n2N=Cc2cc(Cl)ccc2O)cc1C(C)C. The molecule has 0 fully saturated rings. The Morgan fingerprint density at radius 3 is 2.68 bits per heavy atom. The van der Waals surface area contributed by atoms with Gasteiger partial charge in [-0.05, 0) is 73.4 Å². The van der Waals surface area contributed by atoms with E-state index in [1.54, 1.807) is 24.3 Å². The van der Waals surface area contributed by atoms with Gasteiger partial charge in [0.1, 0.15) is 11.5 Å². The van der Waals surface area contributed by atoms with E-state index in [1.165, 1.54) is 17.0 Å². The van der Waals surface area contributed by atoms with Crippen LogP contribution in [-0.2, 0) is 0 Å². The van der Waals surface area contributed by atoms with Crippen molar-refractivity contribution in [1.29, 1.82) is 0 Å². The van der Waals surface area contributed by atoms with Crippen LogP contribution in [-0.4, -0.2) is 27.6 Å². The number of hydrogen-bond acceptors (Lipinski definition) is 5. The molecule has 6 nitrogen and oxygen atoms in total. The summed E-state index contributed by atoms with van der Waals surface area (Å²) in [6, 6.07) is 15.8. The van der Waals surface area contributed by atoms with Crippen LogP contribution in [0, 0.1) is 6.92 Å². The van der Waals surface area contributed by atoms with E-state index < -0.39 is 0 Å².